The molecule has 0 aromatic heterocycles. The zero-order chi connectivity index (χ0) is 22.8. The fraction of sp³-hybridized carbons (Fsp3) is 0.250. The molecule has 2 aromatic rings. The molecule has 2 atom stereocenters. The van der Waals surface area contributed by atoms with Crippen LogP contribution in [-0.2, 0) is 9.53 Å². The number of halogens is 1. The van der Waals surface area contributed by atoms with E-state index in [4.69, 9.17) is 16.3 Å². The monoisotopic (exact) mass is 448 g/mol. The van der Waals surface area contributed by atoms with Gasteiger partial charge in [0.15, 0.2) is 0 Å². The standard InChI is InChI=1S/C24H21ClN4O3/c1-14-12-29(13-15(2)32-14)24(31)19(11-26)21-16-7-3-4-8-17(16)22(27-21)28-23(30)18-9-5-6-10-20(18)25/h3-10,14-15H,12-13H2,1-2H3,(H,27,28,30)/b21-19-/t14-,15-/m1/s1. The number of hydrogen-bond acceptors (Lipinski definition) is 5. The minimum absolute atomic E-state index is 0.0688. The second-order valence-corrected chi connectivity index (χ2v) is 8.15. The lowest BCUT2D eigenvalue weighted by molar-refractivity contribution is -0.138. The molecule has 0 unspecified atom stereocenters. The second-order valence-electron chi connectivity index (χ2n) is 7.74. The van der Waals surface area contributed by atoms with Gasteiger partial charge in [-0.15, -0.1) is 0 Å². The van der Waals surface area contributed by atoms with Crippen molar-refractivity contribution in [3.8, 4) is 6.07 Å². The minimum atomic E-state index is -0.425. The van der Waals surface area contributed by atoms with Crippen LogP contribution in [0.15, 0.2) is 59.1 Å². The largest absolute Gasteiger partial charge is 0.372 e. The van der Waals surface area contributed by atoms with Crippen LogP contribution in [0.3, 0.4) is 0 Å². The summed E-state index contributed by atoms with van der Waals surface area (Å²) in [5.74, 6) is -0.558. The van der Waals surface area contributed by atoms with Crippen molar-refractivity contribution in [2.45, 2.75) is 26.1 Å². The lowest BCUT2D eigenvalue weighted by Gasteiger charge is -2.35. The fourth-order valence-electron chi connectivity index (χ4n) is 3.94. The number of nitriles is 1. The van der Waals surface area contributed by atoms with Gasteiger partial charge in [-0.1, -0.05) is 48.0 Å². The van der Waals surface area contributed by atoms with Gasteiger partial charge in [0.05, 0.1) is 28.5 Å². The van der Waals surface area contributed by atoms with Crippen molar-refractivity contribution in [3.63, 3.8) is 0 Å². The first-order chi connectivity index (χ1) is 15.4. The van der Waals surface area contributed by atoms with Crippen LogP contribution >= 0.6 is 11.6 Å². The first-order valence-corrected chi connectivity index (χ1v) is 10.6. The van der Waals surface area contributed by atoms with E-state index in [-0.39, 0.29) is 29.3 Å². The third-order valence-electron chi connectivity index (χ3n) is 5.28. The van der Waals surface area contributed by atoms with Gasteiger partial charge >= 0.3 is 0 Å². The Labute approximate surface area is 191 Å². The molecule has 32 heavy (non-hydrogen) atoms. The number of rotatable bonds is 2. The maximum atomic E-state index is 13.2. The summed E-state index contributed by atoms with van der Waals surface area (Å²) in [6.07, 6.45) is -0.255. The maximum absolute atomic E-state index is 13.2. The van der Waals surface area contributed by atoms with Crippen molar-refractivity contribution in [2.75, 3.05) is 13.1 Å². The second kappa shape index (κ2) is 8.95. The Balaban J connectivity index is 1.71. The molecule has 7 nitrogen and oxygen atoms in total. The topological polar surface area (TPSA) is 94.8 Å². The lowest BCUT2D eigenvalue weighted by Crippen LogP contribution is -2.48. The van der Waals surface area contributed by atoms with Gasteiger partial charge in [-0.05, 0) is 26.0 Å². The summed E-state index contributed by atoms with van der Waals surface area (Å²) in [6, 6.07) is 15.9. The van der Waals surface area contributed by atoms with Crippen molar-refractivity contribution >= 4 is 34.9 Å². The SMILES string of the molecule is C[C@@H]1CN(C(=O)/C(C#N)=C2\N=C(NC(=O)c3ccccc3Cl)c3ccccc32)C[C@@H](C)O1. The highest BCUT2D eigenvalue weighted by atomic mass is 35.5. The number of benzene rings is 2. The van der Waals surface area contributed by atoms with Crippen molar-refractivity contribution < 1.29 is 14.3 Å². The average Bonchev–Trinajstić information content (AvgIpc) is 3.12. The smallest absolute Gasteiger partial charge is 0.266 e. The molecule has 0 saturated carbocycles. The average molecular weight is 449 g/mol. The summed E-state index contributed by atoms with van der Waals surface area (Å²) in [5, 5.41) is 13.0. The number of carbonyl (C=O) groups excluding carboxylic acids is 2. The minimum Gasteiger partial charge on any atom is -0.372 e. The Bertz CT molecular complexity index is 1190. The molecule has 0 aliphatic carbocycles. The predicted molar refractivity (Wildman–Crippen MR) is 121 cm³/mol. The van der Waals surface area contributed by atoms with E-state index >= 15 is 0 Å². The summed E-state index contributed by atoms with van der Waals surface area (Å²) in [5.41, 5.74) is 1.73. The first-order valence-electron chi connectivity index (χ1n) is 10.2. The highest BCUT2D eigenvalue weighted by molar-refractivity contribution is 6.34. The van der Waals surface area contributed by atoms with Gasteiger partial charge in [0, 0.05) is 24.2 Å². The van der Waals surface area contributed by atoms with Crippen LogP contribution in [0.4, 0.5) is 0 Å². The zero-order valence-electron chi connectivity index (χ0n) is 17.6. The lowest BCUT2D eigenvalue weighted by atomic mass is 10.0. The molecule has 8 heteroatoms. The summed E-state index contributed by atoms with van der Waals surface area (Å²) < 4.78 is 5.70. The number of morpholine rings is 1. The maximum Gasteiger partial charge on any atom is 0.266 e. The number of amidine groups is 1. The van der Waals surface area contributed by atoms with Crippen molar-refractivity contribution in [3.05, 3.63) is 75.8 Å². The van der Waals surface area contributed by atoms with Crippen LogP contribution in [-0.4, -0.2) is 47.8 Å². The van der Waals surface area contributed by atoms with E-state index in [0.717, 1.165) is 0 Å². The number of nitrogens with zero attached hydrogens (tertiary/aromatic N) is 3. The molecular formula is C24H21ClN4O3. The molecule has 2 amide bonds. The first kappa shape index (κ1) is 21.8. The number of aliphatic imine (C=N–C) groups is 1. The summed E-state index contributed by atoms with van der Waals surface area (Å²) in [4.78, 5) is 32.1. The van der Waals surface area contributed by atoms with Crippen LogP contribution in [0.5, 0.6) is 0 Å². The summed E-state index contributed by atoms with van der Waals surface area (Å²) >= 11 is 6.14. The molecule has 2 aliphatic heterocycles. The Kier molecular flexibility index (Phi) is 6.08. The molecule has 2 heterocycles. The predicted octanol–water partition coefficient (Wildman–Crippen LogP) is 3.40. The zero-order valence-corrected chi connectivity index (χ0v) is 18.4. The van der Waals surface area contributed by atoms with Crippen LogP contribution in [0.1, 0.15) is 35.3 Å². The van der Waals surface area contributed by atoms with Crippen LogP contribution in [0.2, 0.25) is 5.02 Å². The summed E-state index contributed by atoms with van der Waals surface area (Å²) in [7, 11) is 0. The normalized spacial score (nSPS) is 21.3. The third kappa shape index (κ3) is 4.15. The summed E-state index contributed by atoms with van der Waals surface area (Å²) in [6.45, 7) is 4.56. The molecule has 1 saturated heterocycles. The molecule has 0 radical (unpaired) electrons. The van der Waals surface area contributed by atoms with Gasteiger partial charge in [-0.25, -0.2) is 4.99 Å². The van der Waals surface area contributed by atoms with Gasteiger partial charge in [-0.3, -0.25) is 9.59 Å². The molecule has 2 aliphatic rings. The van der Waals surface area contributed by atoms with E-state index in [9.17, 15) is 14.9 Å². The molecule has 162 valence electrons. The Hall–Kier alpha value is -3.47. The van der Waals surface area contributed by atoms with Crippen molar-refractivity contribution in [1.29, 1.82) is 5.26 Å². The van der Waals surface area contributed by atoms with E-state index in [0.29, 0.717) is 34.8 Å². The van der Waals surface area contributed by atoms with E-state index in [1.54, 1.807) is 53.4 Å². The van der Waals surface area contributed by atoms with Crippen LogP contribution < -0.4 is 5.32 Å². The highest BCUT2D eigenvalue weighted by Crippen LogP contribution is 2.32. The quantitative estimate of drug-likeness (QED) is 0.562. The molecular weight excluding hydrogens is 428 g/mol. The Morgan fingerprint density at radius 3 is 2.38 bits per heavy atom. The number of amides is 2. The highest BCUT2D eigenvalue weighted by Gasteiger charge is 2.32. The van der Waals surface area contributed by atoms with Gasteiger partial charge in [-0.2, -0.15) is 5.26 Å². The number of ether oxygens (including phenoxy) is 1. The Morgan fingerprint density at radius 2 is 1.72 bits per heavy atom. The van der Waals surface area contributed by atoms with Crippen LogP contribution in [0.25, 0.3) is 5.70 Å². The third-order valence-corrected chi connectivity index (χ3v) is 5.61. The number of nitrogens with one attached hydrogen (secondary N) is 1. The molecule has 0 spiro atoms. The van der Waals surface area contributed by atoms with E-state index in [1.807, 2.05) is 19.9 Å². The molecule has 1 N–H and O–H groups in total. The molecule has 0 bridgehead atoms. The van der Waals surface area contributed by atoms with E-state index in [1.165, 1.54) is 0 Å². The number of fused-ring (bicyclic) bond motifs is 1. The molecule has 4 rings (SSSR count). The van der Waals surface area contributed by atoms with Crippen molar-refractivity contribution in [2.24, 2.45) is 4.99 Å². The fourth-order valence-corrected chi connectivity index (χ4v) is 4.16. The van der Waals surface area contributed by atoms with Gasteiger partial charge in [0.1, 0.15) is 17.5 Å². The van der Waals surface area contributed by atoms with E-state index < -0.39 is 11.8 Å². The Morgan fingerprint density at radius 1 is 1.09 bits per heavy atom. The molecule has 1 fully saturated rings. The van der Waals surface area contributed by atoms with Gasteiger partial charge < -0.3 is 15.0 Å². The van der Waals surface area contributed by atoms with Crippen LogP contribution in [0, 0.1) is 11.3 Å². The molecule has 2 aromatic carbocycles. The van der Waals surface area contributed by atoms with E-state index in [2.05, 4.69) is 10.3 Å². The van der Waals surface area contributed by atoms with Crippen molar-refractivity contribution in [1.82, 2.24) is 10.2 Å². The van der Waals surface area contributed by atoms with Gasteiger partial charge in [0.25, 0.3) is 11.8 Å². The number of hydrogen-bond donors (Lipinski definition) is 1. The number of carbonyl (C=O) groups is 2. The van der Waals surface area contributed by atoms with Gasteiger partial charge in [0.2, 0.25) is 0 Å².